The molecular weight excluding hydrogens is 208 g/mol. The Bertz CT molecular complexity index is 296. The Kier molecular flexibility index (Phi) is 6.25. The molecule has 16 heavy (non-hydrogen) atoms. The minimum absolute atomic E-state index is 0.0646. The van der Waals surface area contributed by atoms with Gasteiger partial charge in [-0.05, 0) is 26.7 Å². The molecule has 0 aliphatic carbocycles. The van der Waals surface area contributed by atoms with Crippen LogP contribution in [0.1, 0.15) is 26.7 Å². The Morgan fingerprint density at radius 3 is 1.25 bits per heavy atom. The van der Waals surface area contributed by atoms with Gasteiger partial charge in [0.25, 0.3) is 0 Å². The molecule has 0 aromatic carbocycles. The number of rotatable bonds is 5. The molecule has 8 nitrogen and oxygen atoms in total. The zero-order chi connectivity index (χ0) is 12.6. The SMILES string of the molecule is CC(CC/C(C)=N\N=C(N)N)=NN=C(N)N. The van der Waals surface area contributed by atoms with Gasteiger partial charge in [-0.25, -0.2) is 0 Å². The van der Waals surface area contributed by atoms with Crippen LogP contribution in [0.15, 0.2) is 20.4 Å². The number of hydrogen-bond acceptors (Lipinski definition) is 4. The fourth-order valence-electron chi connectivity index (χ4n) is 0.748. The molecule has 0 atom stereocenters. The first-order chi connectivity index (χ1) is 7.41. The lowest BCUT2D eigenvalue weighted by atomic mass is 10.2. The van der Waals surface area contributed by atoms with Crippen molar-refractivity contribution < 1.29 is 0 Å². The molecule has 8 heteroatoms. The van der Waals surface area contributed by atoms with Crippen LogP contribution < -0.4 is 22.9 Å². The molecule has 0 radical (unpaired) electrons. The largest absolute Gasteiger partial charge is 0.369 e. The Hall–Kier alpha value is -2.12. The number of nitrogens with zero attached hydrogens (tertiary/aromatic N) is 4. The highest BCUT2D eigenvalue weighted by Crippen LogP contribution is 1.97. The normalized spacial score (nSPS) is 12.1. The number of nitrogens with two attached hydrogens (primary N) is 4. The Balaban J connectivity index is 4.16. The van der Waals surface area contributed by atoms with E-state index < -0.39 is 0 Å². The van der Waals surface area contributed by atoms with Crippen LogP contribution in [0.3, 0.4) is 0 Å². The van der Waals surface area contributed by atoms with Gasteiger partial charge in [0, 0.05) is 11.4 Å². The van der Waals surface area contributed by atoms with Crippen molar-refractivity contribution in [3.63, 3.8) is 0 Å². The minimum Gasteiger partial charge on any atom is -0.369 e. The van der Waals surface area contributed by atoms with Crippen LogP contribution >= 0.6 is 0 Å². The summed E-state index contributed by atoms with van der Waals surface area (Å²) in [7, 11) is 0. The zero-order valence-electron chi connectivity index (χ0n) is 9.51. The van der Waals surface area contributed by atoms with Crippen molar-refractivity contribution in [3.05, 3.63) is 0 Å². The van der Waals surface area contributed by atoms with Crippen LogP contribution in [0.5, 0.6) is 0 Å². The summed E-state index contributed by atoms with van der Waals surface area (Å²) < 4.78 is 0. The molecule has 0 unspecified atom stereocenters. The van der Waals surface area contributed by atoms with Gasteiger partial charge in [-0.15, -0.1) is 10.2 Å². The Labute approximate surface area is 94.2 Å². The highest BCUT2D eigenvalue weighted by atomic mass is 15.3. The van der Waals surface area contributed by atoms with Gasteiger partial charge in [0.2, 0.25) is 11.9 Å². The van der Waals surface area contributed by atoms with Crippen molar-refractivity contribution in [2.24, 2.45) is 43.3 Å². The smallest absolute Gasteiger partial charge is 0.211 e. The van der Waals surface area contributed by atoms with E-state index in [1.807, 2.05) is 13.8 Å². The van der Waals surface area contributed by atoms with Gasteiger partial charge in [-0.1, -0.05) is 0 Å². The summed E-state index contributed by atoms with van der Waals surface area (Å²) in [5, 5.41) is 14.7. The van der Waals surface area contributed by atoms with Crippen molar-refractivity contribution in [3.8, 4) is 0 Å². The molecular formula is C8H18N8. The first-order valence-electron chi connectivity index (χ1n) is 4.66. The monoisotopic (exact) mass is 226 g/mol. The van der Waals surface area contributed by atoms with E-state index in [0.717, 1.165) is 11.4 Å². The van der Waals surface area contributed by atoms with E-state index >= 15 is 0 Å². The molecule has 0 amide bonds. The van der Waals surface area contributed by atoms with Crippen LogP contribution in [0.25, 0.3) is 0 Å². The van der Waals surface area contributed by atoms with E-state index in [0.29, 0.717) is 12.8 Å². The van der Waals surface area contributed by atoms with Crippen LogP contribution in [0.2, 0.25) is 0 Å². The second kappa shape index (κ2) is 7.21. The standard InChI is InChI=1S/C8H18N8/c1-5(13-15-7(9)10)3-4-6(2)14-16-8(11)12/h3-4H2,1-2H3,(H4,9,10,15)(H4,11,12,16)/b13-5-,14-6?. The van der Waals surface area contributed by atoms with E-state index in [1.165, 1.54) is 0 Å². The third kappa shape index (κ3) is 8.48. The van der Waals surface area contributed by atoms with Crippen molar-refractivity contribution in [2.75, 3.05) is 0 Å². The van der Waals surface area contributed by atoms with Gasteiger partial charge < -0.3 is 22.9 Å². The zero-order valence-corrected chi connectivity index (χ0v) is 9.51. The molecule has 0 saturated heterocycles. The molecule has 90 valence electrons. The third-order valence-electron chi connectivity index (χ3n) is 1.52. The summed E-state index contributed by atoms with van der Waals surface area (Å²) in [6, 6.07) is 0. The molecule has 0 bridgehead atoms. The summed E-state index contributed by atoms with van der Waals surface area (Å²) in [6.07, 6.45) is 1.37. The lowest BCUT2D eigenvalue weighted by Crippen LogP contribution is -2.22. The van der Waals surface area contributed by atoms with Gasteiger partial charge in [-0.3, -0.25) is 0 Å². The van der Waals surface area contributed by atoms with Crippen LogP contribution in [-0.2, 0) is 0 Å². The van der Waals surface area contributed by atoms with E-state index in [2.05, 4.69) is 20.4 Å². The fraction of sp³-hybridized carbons (Fsp3) is 0.500. The van der Waals surface area contributed by atoms with Crippen LogP contribution in [0, 0.1) is 0 Å². The van der Waals surface area contributed by atoms with Gasteiger partial charge in [0.15, 0.2) is 0 Å². The molecule has 0 spiro atoms. The van der Waals surface area contributed by atoms with E-state index in [1.54, 1.807) is 0 Å². The average Bonchev–Trinajstić information content (AvgIpc) is 2.20. The topological polar surface area (TPSA) is 154 Å². The lowest BCUT2D eigenvalue weighted by molar-refractivity contribution is 1.06. The van der Waals surface area contributed by atoms with E-state index in [-0.39, 0.29) is 11.9 Å². The maximum absolute atomic E-state index is 5.13. The number of hydrogen-bond donors (Lipinski definition) is 4. The summed E-state index contributed by atoms with van der Waals surface area (Å²) in [4.78, 5) is 0. The average molecular weight is 226 g/mol. The quantitative estimate of drug-likeness (QED) is 0.271. The molecule has 8 N–H and O–H groups in total. The summed E-state index contributed by atoms with van der Waals surface area (Å²) >= 11 is 0. The molecule has 0 aromatic rings. The molecule has 0 fully saturated rings. The van der Waals surface area contributed by atoms with Crippen LogP contribution in [-0.4, -0.2) is 23.3 Å². The van der Waals surface area contributed by atoms with Crippen molar-refractivity contribution >= 4 is 23.3 Å². The maximum Gasteiger partial charge on any atom is 0.211 e. The van der Waals surface area contributed by atoms with E-state index in [4.69, 9.17) is 22.9 Å². The lowest BCUT2D eigenvalue weighted by Gasteiger charge is -1.97. The molecule has 0 saturated carbocycles. The first kappa shape index (κ1) is 13.9. The Morgan fingerprint density at radius 2 is 1.00 bits per heavy atom. The predicted molar refractivity (Wildman–Crippen MR) is 67.1 cm³/mol. The van der Waals surface area contributed by atoms with Gasteiger partial charge in [0.1, 0.15) is 0 Å². The second-order valence-corrected chi connectivity index (χ2v) is 3.22. The van der Waals surface area contributed by atoms with Crippen molar-refractivity contribution in [1.82, 2.24) is 0 Å². The summed E-state index contributed by atoms with van der Waals surface area (Å²) in [5.74, 6) is -0.129. The van der Waals surface area contributed by atoms with Crippen LogP contribution in [0.4, 0.5) is 0 Å². The molecule has 0 heterocycles. The number of guanidine groups is 2. The maximum atomic E-state index is 5.13. The fourth-order valence-corrected chi connectivity index (χ4v) is 0.748. The summed E-state index contributed by atoms with van der Waals surface area (Å²) in [5.41, 5.74) is 22.1. The van der Waals surface area contributed by atoms with Crippen molar-refractivity contribution in [2.45, 2.75) is 26.7 Å². The molecule has 0 aromatic heterocycles. The van der Waals surface area contributed by atoms with E-state index in [9.17, 15) is 0 Å². The molecule has 0 aliphatic heterocycles. The highest BCUT2D eigenvalue weighted by Gasteiger charge is 1.95. The molecule has 0 rings (SSSR count). The summed E-state index contributed by atoms with van der Waals surface area (Å²) in [6.45, 7) is 3.64. The Morgan fingerprint density at radius 1 is 0.688 bits per heavy atom. The first-order valence-corrected chi connectivity index (χ1v) is 4.66. The second-order valence-electron chi connectivity index (χ2n) is 3.22. The van der Waals surface area contributed by atoms with Gasteiger partial charge >= 0.3 is 0 Å². The third-order valence-corrected chi connectivity index (χ3v) is 1.52. The predicted octanol–water partition coefficient (Wildman–Crippen LogP) is -0.935. The minimum atomic E-state index is -0.0646. The van der Waals surface area contributed by atoms with Crippen molar-refractivity contribution in [1.29, 1.82) is 0 Å². The molecule has 0 aliphatic rings. The van der Waals surface area contributed by atoms with Gasteiger partial charge in [0.05, 0.1) is 0 Å². The highest BCUT2D eigenvalue weighted by molar-refractivity contribution is 5.90. The van der Waals surface area contributed by atoms with Gasteiger partial charge in [-0.2, -0.15) is 10.2 Å².